The molecule has 0 atom stereocenters. The van der Waals surface area contributed by atoms with E-state index in [0.29, 0.717) is 16.9 Å². The highest BCUT2D eigenvalue weighted by Crippen LogP contribution is 2.23. The fourth-order valence-electron chi connectivity index (χ4n) is 3.57. The Morgan fingerprint density at radius 3 is 2.22 bits per heavy atom. The average Bonchev–Trinajstić information content (AvgIpc) is 2.85. The third kappa shape index (κ3) is 4.89. The van der Waals surface area contributed by atoms with Gasteiger partial charge in [-0.25, -0.2) is 24.6 Å². The Balaban J connectivity index is 1.46. The van der Waals surface area contributed by atoms with Crippen LogP contribution in [0.15, 0.2) is 67.3 Å². The molecule has 3 amide bonds. The number of urea groups is 1. The summed E-state index contributed by atoms with van der Waals surface area (Å²) >= 11 is 0. The van der Waals surface area contributed by atoms with Crippen LogP contribution in [0.1, 0.15) is 17.3 Å². The number of amides is 3. The molecule has 0 saturated carbocycles. The largest absolute Gasteiger partial charge is 0.336 e. The van der Waals surface area contributed by atoms with Crippen LogP contribution < -0.4 is 10.2 Å². The van der Waals surface area contributed by atoms with Crippen molar-refractivity contribution in [2.75, 3.05) is 42.9 Å². The van der Waals surface area contributed by atoms with Gasteiger partial charge in [0.2, 0.25) is 5.95 Å². The van der Waals surface area contributed by atoms with Gasteiger partial charge in [-0.05, 0) is 42.9 Å². The SMILES string of the molecule is CCN1CCN(C(=O)c2ccc(NC(=O)N(c3ccccc3)c3ncncn3)cc2)CC1. The summed E-state index contributed by atoms with van der Waals surface area (Å²) in [5.74, 6) is 0.219. The molecule has 0 unspecified atom stereocenters. The number of para-hydroxylation sites is 1. The smallest absolute Gasteiger partial charge is 0.333 e. The number of nitrogens with one attached hydrogen (secondary N) is 1. The van der Waals surface area contributed by atoms with E-state index in [1.54, 1.807) is 36.4 Å². The molecular formula is C23H25N7O2. The minimum absolute atomic E-state index is 0.00901. The van der Waals surface area contributed by atoms with Gasteiger partial charge in [-0.15, -0.1) is 0 Å². The summed E-state index contributed by atoms with van der Waals surface area (Å²) < 4.78 is 0. The molecule has 2 aromatic carbocycles. The lowest BCUT2D eigenvalue weighted by Crippen LogP contribution is -2.48. The van der Waals surface area contributed by atoms with E-state index >= 15 is 0 Å². The van der Waals surface area contributed by atoms with Crippen molar-refractivity contribution in [3.8, 4) is 0 Å². The van der Waals surface area contributed by atoms with E-state index in [2.05, 4.69) is 32.1 Å². The Hall–Kier alpha value is -3.85. The van der Waals surface area contributed by atoms with E-state index in [-0.39, 0.29) is 11.9 Å². The maximum atomic E-state index is 13.1. The maximum Gasteiger partial charge on any atom is 0.333 e. The molecular weight excluding hydrogens is 406 g/mol. The molecule has 2 heterocycles. The molecule has 9 heteroatoms. The standard InChI is InChI=1S/C23H25N7O2/c1-2-28-12-14-29(15-13-28)21(31)18-8-10-19(11-9-18)27-23(32)30(20-6-4-3-5-7-20)22-25-16-24-17-26-22/h3-11,16-17H,2,12-15H2,1H3,(H,27,32). The monoisotopic (exact) mass is 431 g/mol. The topological polar surface area (TPSA) is 94.6 Å². The van der Waals surface area contributed by atoms with Crippen molar-refractivity contribution in [1.82, 2.24) is 24.8 Å². The van der Waals surface area contributed by atoms with Crippen LogP contribution in [0.25, 0.3) is 0 Å². The highest BCUT2D eigenvalue weighted by molar-refractivity contribution is 6.06. The normalized spacial score (nSPS) is 14.1. The molecule has 1 fully saturated rings. The molecule has 1 saturated heterocycles. The fourth-order valence-corrected chi connectivity index (χ4v) is 3.57. The van der Waals surface area contributed by atoms with E-state index in [1.807, 2.05) is 23.1 Å². The second kappa shape index (κ2) is 9.97. The Morgan fingerprint density at radius 2 is 1.59 bits per heavy atom. The molecule has 164 valence electrons. The van der Waals surface area contributed by atoms with Crippen LogP contribution in [0.2, 0.25) is 0 Å². The van der Waals surface area contributed by atoms with Crippen LogP contribution in [-0.2, 0) is 0 Å². The molecule has 3 aromatic rings. The summed E-state index contributed by atoms with van der Waals surface area (Å²) in [7, 11) is 0. The van der Waals surface area contributed by atoms with Crippen LogP contribution in [0.3, 0.4) is 0 Å². The molecule has 32 heavy (non-hydrogen) atoms. The predicted octanol–water partition coefficient (Wildman–Crippen LogP) is 3.02. The van der Waals surface area contributed by atoms with Crippen LogP contribution in [0.4, 0.5) is 22.1 Å². The highest BCUT2D eigenvalue weighted by atomic mass is 16.2. The number of rotatable bonds is 5. The van der Waals surface area contributed by atoms with E-state index in [1.165, 1.54) is 17.6 Å². The lowest BCUT2D eigenvalue weighted by Gasteiger charge is -2.34. The Kier molecular flexibility index (Phi) is 6.66. The van der Waals surface area contributed by atoms with Crippen LogP contribution in [0.5, 0.6) is 0 Å². The van der Waals surface area contributed by atoms with Gasteiger partial charge in [0.05, 0.1) is 5.69 Å². The van der Waals surface area contributed by atoms with Crippen LogP contribution in [-0.4, -0.2) is 69.4 Å². The summed E-state index contributed by atoms with van der Waals surface area (Å²) in [4.78, 5) is 43.5. The summed E-state index contributed by atoms with van der Waals surface area (Å²) in [6.07, 6.45) is 2.68. The first-order chi connectivity index (χ1) is 15.7. The van der Waals surface area contributed by atoms with E-state index in [4.69, 9.17) is 0 Å². The average molecular weight is 432 g/mol. The van der Waals surface area contributed by atoms with Crippen molar-refractivity contribution in [2.24, 2.45) is 0 Å². The number of nitrogens with zero attached hydrogens (tertiary/aromatic N) is 6. The number of benzene rings is 2. The van der Waals surface area contributed by atoms with Crippen molar-refractivity contribution < 1.29 is 9.59 Å². The number of carbonyl (C=O) groups excluding carboxylic acids is 2. The summed E-state index contributed by atoms with van der Waals surface area (Å²) in [6.45, 7) is 6.36. The summed E-state index contributed by atoms with van der Waals surface area (Å²) in [5.41, 5.74) is 1.79. The van der Waals surface area contributed by atoms with Crippen LogP contribution in [0, 0.1) is 0 Å². The van der Waals surface area contributed by atoms with Gasteiger partial charge < -0.3 is 15.1 Å². The van der Waals surface area contributed by atoms with Gasteiger partial charge >= 0.3 is 6.03 Å². The molecule has 0 aliphatic carbocycles. The van der Waals surface area contributed by atoms with Crippen molar-refractivity contribution in [2.45, 2.75) is 6.92 Å². The lowest BCUT2D eigenvalue weighted by atomic mass is 10.1. The highest BCUT2D eigenvalue weighted by Gasteiger charge is 2.23. The molecule has 9 nitrogen and oxygen atoms in total. The maximum absolute atomic E-state index is 13.1. The summed E-state index contributed by atoms with van der Waals surface area (Å²) in [6, 6.07) is 15.6. The van der Waals surface area contributed by atoms with Crippen LogP contribution >= 0.6 is 0 Å². The first kappa shape index (κ1) is 21.4. The number of anilines is 3. The Labute approximate surface area is 186 Å². The van der Waals surface area contributed by atoms with Gasteiger partial charge in [0.1, 0.15) is 12.7 Å². The van der Waals surface area contributed by atoms with E-state index in [0.717, 1.165) is 32.7 Å². The zero-order chi connectivity index (χ0) is 22.3. The van der Waals surface area contributed by atoms with Crippen molar-refractivity contribution in [1.29, 1.82) is 0 Å². The first-order valence-electron chi connectivity index (χ1n) is 10.6. The molecule has 1 aliphatic rings. The second-order valence-corrected chi connectivity index (χ2v) is 7.34. The zero-order valence-corrected chi connectivity index (χ0v) is 17.9. The van der Waals surface area contributed by atoms with Crippen molar-refractivity contribution in [3.63, 3.8) is 0 Å². The lowest BCUT2D eigenvalue weighted by molar-refractivity contribution is 0.0643. The predicted molar refractivity (Wildman–Crippen MR) is 122 cm³/mol. The van der Waals surface area contributed by atoms with E-state index in [9.17, 15) is 9.59 Å². The van der Waals surface area contributed by atoms with Gasteiger partial charge in [-0.2, -0.15) is 0 Å². The molecule has 1 N–H and O–H groups in total. The van der Waals surface area contributed by atoms with Crippen molar-refractivity contribution >= 4 is 29.3 Å². The molecule has 1 aromatic heterocycles. The van der Waals surface area contributed by atoms with Gasteiger partial charge in [0.25, 0.3) is 5.91 Å². The van der Waals surface area contributed by atoms with E-state index < -0.39 is 6.03 Å². The fraction of sp³-hybridized carbons (Fsp3) is 0.261. The number of aromatic nitrogens is 3. The number of hydrogen-bond acceptors (Lipinski definition) is 6. The van der Waals surface area contributed by atoms with Gasteiger partial charge in [0.15, 0.2) is 0 Å². The zero-order valence-electron chi connectivity index (χ0n) is 17.9. The molecule has 4 rings (SSSR count). The molecule has 0 radical (unpaired) electrons. The number of hydrogen-bond donors (Lipinski definition) is 1. The minimum Gasteiger partial charge on any atom is -0.336 e. The van der Waals surface area contributed by atoms with Gasteiger partial charge in [-0.3, -0.25) is 4.79 Å². The third-order valence-corrected chi connectivity index (χ3v) is 5.39. The number of carbonyl (C=O) groups is 2. The van der Waals surface area contributed by atoms with Crippen molar-refractivity contribution in [3.05, 3.63) is 72.8 Å². The minimum atomic E-state index is -0.419. The molecule has 0 bridgehead atoms. The third-order valence-electron chi connectivity index (χ3n) is 5.39. The quantitative estimate of drug-likeness (QED) is 0.667. The molecule has 0 spiro atoms. The van der Waals surface area contributed by atoms with Gasteiger partial charge in [-0.1, -0.05) is 25.1 Å². The number of piperazine rings is 1. The Bertz CT molecular complexity index is 997. The number of likely N-dealkylation sites (N-methyl/N-ethyl adjacent to an activating group) is 1. The first-order valence-corrected chi connectivity index (χ1v) is 10.6. The Morgan fingerprint density at radius 1 is 0.938 bits per heavy atom. The molecule has 1 aliphatic heterocycles. The van der Waals surface area contributed by atoms with Gasteiger partial charge in [0, 0.05) is 37.4 Å². The summed E-state index contributed by atoms with van der Waals surface area (Å²) in [5, 5.41) is 2.85. The second-order valence-electron chi connectivity index (χ2n) is 7.34.